The highest BCUT2D eigenvalue weighted by Crippen LogP contribution is 2.20. The molecule has 0 aliphatic heterocycles. The summed E-state index contributed by atoms with van der Waals surface area (Å²) in [7, 11) is 0. The zero-order valence-corrected chi connectivity index (χ0v) is 11.6. The van der Waals surface area contributed by atoms with Crippen LogP contribution >= 0.6 is 0 Å². The van der Waals surface area contributed by atoms with Gasteiger partial charge in [0.05, 0.1) is 5.69 Å². The molecule has 4 nitrogen and oxygen atoms in total. The molecule has 0 fully saturated rings. The highest BCUT2D eigenvalue weighted by Gasteiger charge is 2.11. The van der Waals surface area contributed by atoms with Crippen molar-refractivity contribution in [2.75, 3.05) is 5.32 Å². The molecule has 0 bridgehead atoms. The van der Waals surface area contributed by atoms with E-state index in [1.54, 1.807) is 22.9 Å². The molecular formula is C17H13FN2O2. The summed E-state index contributed by atoms with van der Waals surface area (Å²) >= 11 is 0. The van der Waals surface area contributed by atoms with E-state index in [2.05, 4.69) is 5.32 Å². The summed E-state index contributed by atoms with van der Waals surface area (Å²) in [5.41, 5.74) is 1.45. The minimum Gasteiger partial charge on any atom is -0.337 e. The molecule has 110 valence electrons. The van der Waals surface area contributed by atoms with Gasteiger partial charge in [0.1, 0.15) is 12.4 Å². The third-order valence-corrected chi connectivity index (χ3v) is 3.41. The highest BCUT2D eigenvalue weighted by molar-refractivity contribution is 5.99. The summed E-state index contributed by atoms with van der Waals surface area (Å²) in [5.74, 6) is -0.843. The van der Waals surface area contributed by atoms with Crippen LogP contribution in [0.1, 0.15) is 10.4 Å². The van der Waals surface area contributed by atoms with Gasteiger partial charge >= 0.3 is 0 Å². The minimum atomic E-state index is -0.484. The normalized spacial score (nSPS) is 10.6. The van der Waals surface area contributed by atoms with Crippen LogP contribution in [0.2, 0.25) is 0 Å². The van der Waals surface area contributed by atoms with Crippen molar-refractivity contribution in [1.29, 1.82) is 0 Å². The van der Waals surface area contributed by atoms with E-state index in [0.29, 0.717) is 5.56 Å². The van der Waals surface area contributed by atoms with Crippen molar-refractivity contribution in [2.45, 2.75) is 6.54 Å². The third-order valence-electron chi connectivity index (χ3n) is 3.41. The molecule has 0 spiro atoms. The lowest BCUT2D eigenvalue weighted by Gasteiger charge is -2.08. The van der Waals surface area contributed by atoms with Gasteiger partial charge in [-0.2, -0.15) is 0 Å². The van der Waals surface area contributed by atoms with Crippen LogP contribution in [-0.2, 0) is 11.3 Å². The highest BCUT2D eigenvalue weighted by atomic mass is 19.1. The van der Waals surface area contributed by atoms with Gasteiger partial charge in [0, 0.05) is 22.7 Å². The Bertz CT molecular complexity index is 855. The van der Waals surface area contributed by atoms with E-state index in [9.17, 15) is 14.0 Å². The zero-order valence-electron chi connectivity index (χ0n) is 11.6. The molecular weight excluding hydrogens is 283 g/mol. The number of halogens is 1. The van der Waals surface area contributed by atoms with Crippen molar-refractivity contribution >= 4 is 28.8 Å². The summed E-state index contributed by atoms with van der Waals surface area (Å²) in [4.78, 5) is 23.2. The largest absolute Gasteiger partial charge is 0.337 e. The number of fused-ring (bicyclic) bond motifs is 1. The Balaban J connectivity index is 1.86. The van der Waals surface area contributed by atoms with Gasteiger partial charge in [0.2, 0.25) is 5.91 Å². The van der Waals surface area contributed by atoms with Crippen molar-refractivity contribution < 1.29 is 14.0 Å². The van der Waals surface area contributed by atoms with Crippen molar-refractivity contribution in [3.05, 3.63) is 66.1 Å². The van der Waals surface area contributed by atoms with E-state index < -0.39 is 5.82 Å². The number of carbonyl (C=O) groups is 2. The SMILES string of the molecule is O=Cc1cn(CC(=O)Nc2ccccc2F)c2ccccc12. The molecule has 0 atom stereocenters. The number of hydrogen-bond acceptors (Lipinski definition) is 2. The van der Waals surface area contributed by atoms with Gasteiger partial charge in [0.15, 0.2) is 6.29 Å². The first-order valence-electron chi connectivity index (χ1n) is 6.76. The standard InChI is InChI=1S/C17H13FN2O2/c18-14-6-2-3-7-15(14)19-17(22)10-20-9-12(11-21)13-5-1-4-8-16(13)20/h1-9,11H,10H2,(H,19,22). The van der Waals surface area contributed by atoms with Gasteiger partial charge in [-0.3, -0.25) is 9.59 Å². The zero-order chi connectivity index (χ0) is 15.5. The second kappa shape index (κ2) is 5.81. The Morgan fingerprint density at radius 1 is 1.14 bits per heavy atom. The molecule has 0 aliphatic rings. The molecule has 0 unspecified atom stereocenters. The molecule has 0 aliphatic carbocycles. The number of nitrogens with zero attached hydrogens (tertiary/aromatic N) is 1. The number of benzene rings is 2. The molecule has 5 heteroatoms. The number of amides is 1. The fourth-order valence-corrected chi connectivity index (χ4v) is 2.41. The predicted molar refractivity (Wildman–Crippen MR) is 82.4 cm³/mol. The van der Waals surface area contributed by atoms with Gasteiger partial charge in [-0.15, -0.1) is 0 Å². The van der Waals surface area contributed by atoms with E-state index in [0.717, 1.165) is 17.2 Å². The number of rotatable bonds is 4. The average molecular weight is 296 g/mol. The Morgan fingerprint density at radius 2 is 1.86 bits per heavy atom. The molecule has 22 heavy (non-hydrogen) atoms. The first-order valence-corrected chi connectivity index (χ1v) is 6.76. The van der Waals surface area contributed by atoms with E-state index >= 15 is 0 Å². The molecule has 3 rings (SSSR count). The number of nitrogens with one attached hydrogen (secondary N) is 1. The van der Waals surface area contributed by atoms with E-state index in [1.165, 1.54) is 12.1 Å². The Morgan fingerprint density at radius 3 is 2.64 bits per heavy atom. The number of para-hydroxylation sites is 2. The molecule has 3 aromatic rings. The molecule has 1 heterocycles. The van der Waals surface area contributed by atoms with Gasteiger partial charge in [0.25, 0.3) is 0 Å². The van der Waals surface area contributed by atoms with E-state index in [4.69, 9.17) is 0 Å². The van der Waals surface area contributed by atoms with E-state index in [-0.39, 0.29) is 18.1 Å². The summed E-state index contributed by atoms with van der Waals surface area (Å²) in [5, 5.41) is 3.32. The minimum absolute atomic E-state index is 0.00267. The molecule has 1 amide bonds. The molecule has 1 aromatic heterocycles. The van der Waals surface area contributed by atoms with Crippen LogP contribution in [0.25, 0.3) is 10.9 Å². The Labute approximate surface area is 126 Å². The lowest BCUT2D eigenvalue weighted by molar-refractivity contribution is -0.116. The van der Waals surface area contributed by atoms with Crippen molar-refractivity contribution in [1.82, 2.24) is 4.57 Å². The first kappa shape index (κ1) is 14.0. The van der Waals surface area contributed by atoms with E-state index in [1.807, 2.05) is 24.3 Å². The maximum atomic E-state index is 13.5. The van der Waals surface area contributed by atoms with Crippen molar-refractivity contribution in [2.24, 2.45) is 0 Å². The van der Waals surface area contributed by atoms with Crippen LogP contribution in [0.5, 0.6) is 0 Å². The number of aromatic nitrogens is 1. The fourth-order valence-electron chi connectivity index (χ4n) is 2.41. The van der Waals surface area contributed by atoms with Gasteiger partial charge < -0.3 is 9.88 Å². The van der Waals surface area contributed by atoms with Crippen LogP contribution in [0.4, 0.5) is 10.1 Å². The second-order valence-corrected chi connectivity index (χ2v) is 4.88. The third kappa shape index (κ3) is 2.61. The maximum absolute atomic E-state index is 13.5. The molecule has 0 saturated carbocycles. The van der Waals surface area contributed by atoms with Gasteiger partial charge in [-0.1, -0.05) is 30.3 Å². The average Bonchev–Trinajstić information content (AvgIpc) is 2.88. The maximum Gasteiger partial charge on any atom is 0.244 e. The molecule has 1 N–H and O–H groups in total. The topological polar surface area (TPSA) is 51.1 Å². The van der Waals surface area contributed by atoms with Crippen LogP contribution in [0, 0.1) is 5.82 Å². The Kier molecular flexibility index (Phi) is 3.70. The Hall–Kier alpha value is -2.95. The lowest BCUT2D eigenvalue weighted by atomic mass is 10.2. The molecule has 0 radical (unpaired) electrons. The second-order valence-electron chi connectivity index (χ2n) is 4.88. The predicted octanol–water partition coefficient (Wildman–Crippen LogP) is 3.23. The number of hydrogen-bond donors (Lipinski definition) is 1. The fraction of sp³-hybridized carbons (Fsp3) is 0.0588. The summed E-state index contributed by atoms with van der Waals surface area (Å²) in [6, 6.07) is 13.3. The molecule has 0 saturated heterocycles. The number of carbonyl (C=O) groups excluding carboxylic acids is 2. The van der Waals surface area contributed by atoms with Gasteiger partial charge in [-0.05, 0) is 18.2 Å². The summed E-state index contributed by atoms with van der Waals surface area (Å²) in [6.07, 6.45) is 2.38. The quantitative estimate of drug-likeness (QED) is 0.751. The number of aldehydes is 1. The summed E-state index contributed by atoms with van der Waals surface area (Å²) in [6.45, 7) is 0.00267. The smallest absolute Gasteiger partial charge is 0.244 e. The summed E-state index contributed by atoms with van der Waals surface area (Å²) < 4.78 is 15.2. The number of anilines is 1. The van der Waals surface area contributed by atoms with Crippen LogP contribution in [-0.4, -0.2) is 16.8 Å². The molecule has 2 aromatic carbocycles. The van der Waals surface area contributed by atoms with Crippen LogP contribution in [0.3, 0.4) is 0 Å². The van der Waals surface area contributed by atoms with Gasteiger partial charge in [-0.25, -0.2) is 4.39 Å². The van der Waals surface area contributed by atoms with Crippen molar-refractivity contribution in [3.63, 3.8) is 0 Å². The van der Waals surface area contributed by atoms with Crippen LogP contribution < -0.4 is 5.32 Å². The van der Waals surface area contributed by atoms with Crippen molar-refractivity contribution in [3.8, 4) is 0 Å². The van der Waals surface area contributed by atoms with Crippen LogP contribution in [0.15, 0.2) is 54.7 Å². The monoisotopic (exact) mass is 296 g/mol. The lowest BCUT2D eigenvalue weighted by Crippen LogP contribution is -2.18. The first-order chi connectivity index (χ1) is 10.7.